The summed E-state index contributed by atoms with van der Waals surface area (Å²) in [4.78, 5) is 16.7. The highest BCUT2D eigenvalue weighted by Crippen LogP contribution is 2.29. The normalized spacial score (nSPS) is 10.2. The number of amides is 1. The zero-order valence-electron chi connectivity index (χ0n) is 14.5. The molecule has 0 unspecified atom stereocenters. The van der Waals surface area contributed by atoms with Crippen LogP contribution < -0.4 is 20.1 Å². The Hall–Kier alpha value is -3.48. The Morgan fingerprint density at radius 3 is 2.69 bits per heavy atom. The number of pyridine rings is 1. The molecule has 0 aliphatic heterocycles. The van der Waals surface area contributed by atoms with Crippen LogP contribution in [0.2, 0.25) is 0 Å². The molecule has 0 saturated heterocycles. The summed E-state index contributed by atoms with van der Waals surface area (Å²) in [6.45, 7) is 0.522. The van der Waals surface area contributed by atoms with Crippen molar-refractivity contribution in [2.24, 2.45) is 0 Å². The lowest BCUT2D eigenvalue weighted by atomic mass is 10.2. The average Bonchev–Trinajstić information content (AvgIpc) is 3.20. The Morgan fingerprint density at radius 1 is 1.15 bits per heavy atom. The van der Waals surface area contributed by atoms with E-state index >= 15 is 0 Å². The summed E-state index contributed by atoms with van der Waals surface area (Å²) in [5.74, 6) is 2.34. The molecule has 2 N–H and O–H groups in total. The van der Waals surface area contributed by atoms with Gasteiger partial charge in [0.25, 0.3) is 5.91 Å². The quantitative estimate of drug-likeness (QED) is 0.675. The Kier molecular flexibility index (Phi) is 5.38. The smallest absolute Gasteiger partial charge is 0.257 e. The van der Waals surface area contributed by atoms with Crippen LogP contribution in [0.1, 0.15) is 16.1 Å². The number of carbonyl (C=O) groups is 1. The van der Waals surface area contributed by atoms with E-state index in [-0.39, 0.29) is 5.91 Å². The number of nitrogens with one attached hydrogen (secondary N) is 2. The van der Waals surface area contributed by atoms with Crippen molar-refractivity contribution >= 4 is 17.4 Å². The van der Waals surface area contributed by atoms with Crippen molar-refractivity contribution in [1.82, 2.24) is 4.98 Å². The topological polar surface area (TPSA) is 85.6 Å². The Morgan fingerprint density at radius 2 is 2.04 bits per heavy atom. The second-order valence-corrected chi connectivity index (χ2v) is 5.39. The third kappa shape index (κ3) is 4.13. The summed E-state index contributed by atoms with van der Waals surface area (Å²) < 4.78 is 15.7. The van der Waals surface area contributed by atoms with E-state index in [1.165, 1.54) is 13.3 Å². The maximum Gasteiger partial charge on any atom is 0.257 e. The van der Waals surface area contributed by atoms with Crippen LogP contribution in [-0.4, -0.2) is 25.1 Å². The maximum atomic E-state index is 12.4. The Bertz CT molecular complexity index is 861. The molecule has 1 amide bonds. The van der Waals surface area contributed by atoms with E-state index in [1.54, 1.807) is 43.7 Å². The van der Waals surface area contributed by atoms with Gasteiger partial charge in [0.15, 0.2) is 0 Å². The van der Waals surface area contributed by atoms with E-state index in [2.05, 4.69) is 15.6 Å². The zero-order valence-corrected chi connectivity index (χ0v) is 14.5. The predicted molar refractivity (Wildman–Crippen MR) is 97.8 cm³/mol. The van der Waals surface area contributed by atoms with Crippen molar-refractivity contribution in [1.29, 1.82) is 0 Å². The lowest BCUT2D eigenvalue weighted by Gasteiger charge is -2.12. The molecule has 1 aromatic carbocycles. The van der Waals surface area contributed by atoms with E-state index in [4.69, 9.17) is 13.9 Å². The number of ether oxygens (including phenoxy) is 2. The van der Waals surface area contributed by atoms with Gasteiger partial charge in [-0.3, -0.25) is 4.79 Å². The molecule has 2 heterocycles. The zero-order chi connectivity index (χ0) is 18.4. The molecule has 7 nitrogen and oxygen atoms in total. The van der Waals surface area contributed by atoms with Gasteiger partial charge in [-0.05, 0) is 36.4 Å². The molecule has 26 heavy (non-hydrogen) atoms. The van der Waals surface area contributed by atoms with Crippen LogP contribution in [0.25, 0.3) is 0 Å². The number of anilines is 2. The summed E-state index contributed by atoms with van der Waals surface area (Å²) in [6.07, 6.45) is 3.13. The van der Waals surface area contributed by atoms with Crippen LogP contribution >= 0.6 is 0 Å². The van der Waals surface area contributed by atoms with Crippen molar-refractivity contribution < 1.29 is 18.7 Å². The first-order chi connectivity index (χ1) is 12.7. The molecule has 3 aromatic rings. The Labute approximate surface area is 151 Å². The predicted octanol–water partition coefficient (Wildman–Crippen LogP) is 3.56. The van der Waals surface area contributed by atoms with Gasteiger partial charge in [0, 0.05) is 12.3 Å². The van der Waals surface area contributed by atoms with Crippen molar-refractivity contribution in [2.75, 3.05) is 24.9 Å². The van der Waals surface area contributed by atoms with E-state index in [9.17, 15) is 4.79 Å². The largest absolute Gasteiger partial charge is 0.497 e. The summed E-state index contributed by atoms with van der Waals surface area (Å²) >= 11 is 0. The summed E-state index contributed by atoms with van der Waals surface area (Å²) in [6, 6.07) is 12.3. The minimum absolute atomic E-state index is 0.279. The lowest BCUT2D eigenvalue weighted by molar-refractivity contribution is 0.102. The molecule has 0 radical (unpaired) electrons. The van der Waals surface area contributed by atoms with Crippen LogP contribution in [-0.2, 0) is 6.54 Å². The SMILES string of the molecule is COc1ccc(NC(=O)c2ccc(NCc3ccco3)nc2)c(OC)c1. The van der Waals surface area contributed by atoms with Crippen molar-refractivity contribution in [2.45, 2.75) is 6.54 Å². The van der Waals surface area contributed by atoms with Crippen LogP contribution in [0, 0.1) is 0 Å². The standard InChI is InChI=1S/C19H19N3O4/c1-24-14-6-7-16(17(10-14)25-2)22-19(23)13-5-8-18(20-11-13)21-12-15-4-3-9-26-15/h3-11H,12H2,1-2H3,(H,20,21)(H,22,23). The average molecular weight is 353 g/mol. The first kappa shape index (κ1) is 17.3. The Balaban J connectivity index is 1.64. The molecule has 0 atom stereocenters. The fraction of sp³-hybridized carbons (Fsp3) is 0.158. The highest BCUT2D eigenvalue weighted by Gasteiger charge is 2.11. The summed E-state index contributed by atoms with van der Waals surface area (Å²) in [7, 11) is 3.10. The van der Waals surface area contributed by atoms with Gasteiger partial charge in [-0.2, -0.15) is 0 Å². The molecule has 134 valence electrons. The second kappa shape index (κ2) is 8.06. The van der Waals surface area contributed by atoms with Gasteiger partial charge < -0.3 is 24.5 Å². The molecule has 2 aromatic heterocycles. The third-order valence-electron chi connectivity index (χ3n) is 3.71. The van der Waals surface area contributed by atoms with Gasteiger partial charge in [-0.15, -0.1) is 0 Å². The number of carbonyl (C=O) groups excluding carboxylic acids is 1. The number of methoxy groups -OCH3 is 2. The van der Waals surface area contributed by atoms with Gasteiger partial charge >= 0.3 is 0 Å². The van der Waals surface area contributed by atoms with Crippen molar-refractivity contribution in [3.63, 3.8) is 0 Å². The minimum atomic E-state index is -0.279. The van der Waals surface area contributed by atoms with E-state index in [1.807, 2.05) is 12.1 Å². The number of aromatic nitrogens is 1. The molecular weight excluding hydrogens is 334 g/mol. The molecule has 0 aliphatic carbocycles. The number of hydrogen-bond acceptors (Lipinski definition) is 6. The second-order valence-electron chi connectivity index (χ2n) is 5.39. The molecule has 3 rings (SSSR count). The summed E-state index contributed by atoms with van der Waals surface area (Å²) in [5.41, 5.74) is 0.991. The molecular formula is C19H19N3O4. The fourth-order valence-electron chi connectivity index (χ4n) is 2.32. The first-order valence-corrected chi connectivity index (χ1v) is 7.95. The highest BCUT2D eigenvalue weighted by molar-refractivity contribution is 6.05. The molecule has 7 heteroatoms. The van der Waals surface area contributed by atoms with Crippen molar-refractivity contribution in [3.8, 4) is 11.5 Å². The van der Waals surface area contributed by atoms with E-state index in [0.29, 0.717) is 35.1 Å². The van der Waals surface area contributed by atoms with E-state index in [0.717, 1.165) is 5.76 Å². The number of nitrogens with zero attached hydrogens (tertiary/aromatic N) is 1. The van der Waals surface area contributed by atoms with Crippen LogP contribution in [0.3, 0.4) is 0 Å². The van der Waals surface area contributed by atoms with Gasteiger partial charge in [-0.25, -0.2) is 4.98 Å². The molecule has 0 aliphatic rings. The highest BCUT2D eigenvalue weighted by atomic mass is 16.5. The number of furan rings is 1. The number of rotatable bonds is 7. The molecule has 0 fully saturated rings. The van der Waals surface area contributed by atoms with Crippen LogP contribution in [0.4, 0.5) is 11.5 Å². The van der Waals surface area contributed by atoms with Gasteiger partial charge in [0.05, 0.1) is 38.3 Å². The van der Waals surface area contributed by atoms with Crippen LogP contribution in [0.15, 0.2) is 59.3 Å². The minimum Gasteiger partial charge on any atom is -0.497 e. The van der Waals surface area contributed by atoms with E-state index < -0.39 is 0 Å². The monoisotopic (exact) mass is 353 g/mol. The summed E-state index contributed by atoms with van der Waals surface area (Å²) in [5, 5.41) is 5.93. The number of hydrogen-bond donors (Lipinski definition) is 2. The lowest BCUT2D eigenvalue weighted by Crippen LogP contribution is -2.13. The molecule has 0 spiro atoms. The third-order valence-corrected chi connectivity index (χ3v) is 3.71. The first-order valence-electron chi connectivity index (χ1n) is 7.95. The van der Waals surface area contributed by atoms with Gasteiger partial charge in [-0.1, -0.05) is 0 Å². The van der Waals surface area contributed by atoms with Crippen molar-refractivity contribution in [3.05, 3.63) is 66.2 Å². The molecule has 0 bridgehead atoms. The maximum absolute atomic E-state index is 12.4. The van der Waals surface area contributed by atoms with Crippen LogP contribution in [0.5, 0.6) is 11.5 Å². The number of benzene rings is 1. The fourth-order valence-corrected chi connectivity index (χ4v) is 2.32. The van der Waals surface area contributed by atoms with Gasteiger partial charge in [0.2, 0.25) is 0 Å². The van der Waals surface area contributed by atoms with Gasteiger partial charge in [0.1, 0.15) is 23.1 Å². The molecule has 0 saturated carbocycles.